The van der Waals surface area contributed by atoms with E-state index in [0.29, 0.717) is 69.3 Å². The Balaban J connectivity index is 1.17. The van der Waals surface area contributed by atoms with E-state index < -0.39 is 70.0 Å². The lowest BCUT2D eigenvalue weighted by Gasteiger charge is -2.63. The van der Waals surface area contributed by atoms with Crippen molar-refractivity contribution in [2.24, 2.45) is 52.1 Å². The molecule has 0 aromatic heterocycles. The van der Waals surface area contributed by atoms with Crippen molar-refractivity contribution in [3.05, 3.63) is 34.7 Å². The van der Waals surface area contributed by atoms with Gasteiger partial charge in [-0.25, -0.2) is 0 Å². The van der Waals surface area contributed by atoms with Crippen molar-refractivity contribution < 1.29 is 50.4 Å². The Labute approximate surface area is 375 Å². The second-order valence-electron chi connectivity index (χ2n) is 22.2. The molecule has 0 aromatic rings. The fourth-order valence-corrected chi connectivity index (χ4v) is 15.7. The summed E-state index contributed by atoms with van der Waals surface area (Å²) < 4.78 is 6.96. The van der Waals surface area contributed by atoms with Crippen molar-refractivity contribution in [2.45, 2.75) is 209 Å². The Kier molecular flexibility index (Phi) is 13.6. The average molecular weight is 884 g/mol. The zero-order chi connectivity index (χ0) is 45.3. The zero-order valence-corrected chi connectivity index (χ0v) is 38.5. The first kappa shape index (κ1) is 47.6. The molecule has 0 aromatic carbocycles. The summed E-state index contributed by atoms with van der Waals surface area (Å²) in [5.74, 6) is -1.51. The van der Waals surface area contributed by atoms with E-state index in [-0.39, 0.29) is 80.3 Å². The summed E-state index contributed by atoms with van der Waals surface area (Å²) >= 11 is 0. The number of allylic oxidation sites excluding steroid dienone is 4. The highest BCUT2D eigenvalue weighted by Crippen LogP contribution is 2.71. The van der Waals surface area contributed by atoms with E-state index >= 15 is 4.79 Å². The molecule has 63 heavy (non-hydrogen) atoms. The maximum absolute atomic E-state index is 15.3. The van der Waals surface area contributed by atoms with Crippen LogP contribution in [-0.4, -0.2) is 119 Å². The lowest BCUT2D eigenvalue weighted by Crippen LogP contribution is -2.69. The van der Waals surface area contributed by atoms with Crippen LogP contribution in [0.4, 0.5) is 0 Å². The second kappa shape index (κ2) is 18.0. The molecule has 18 atom stereocenters. The van der Waals surface area contributed by atoms with Crippen LogP contribution >= 0.6 is 0 Å². The van der Waals surface area contributed by atoms with Gasteiger partial charge in [-0.1, -0.05) is 39.2 Å². The molecule has 13 heteroatoms. The molecule has 0 amide bonds. The maximum atomic E-state index is 15.3. The lowest BCUT2D eigenvalue weighted by atomic mass is 9.43. The van der Waals surface area contributed by atoms with E-state index in [9.17, 15) is 40.9 Å². The van der Waals surface area contributed by atoms with E-state index in [1.807, 2.05) is 19.1 Å². The molecule has 12 N–H and O–H groups in total. The zero-order valence-electron chi connectivity index (χ0n) is 38.5. The molecule has 6 fully saturated rings. The highest BCUT2D eigenvalue weighted by Gasteiger charge is 2.74. The average Bonchev–Trinajstić information content (AvgIpc) is 3.62. The highest BCUT2D eigenvalue weighted by molar-refractivity contribution is 6.00. The van der Waals surface area contributed by atoms with Gasteiger partial charge in [0.1, 0.15) is 5.60 Å². The van der Waals surface area contributed by atoms with E-state index in [4.69, 9.17) is 10.5 Å². The first-order valence-electron chi connectivity index (χ1n) is 25.0. The molecule has 5 saturated carbocycles. The van der Waals surface area contributed by atoms with Gasteiger partial charge >= 0.3 is 0 Å². The van der Waals surface area contributed by atoms with Gasteiger partial charge in [0.25, 0.3) is 0 Å². The fraction of sp³-hybridized carbons (Fsp3) is 0.860. The summed E-state index contributed by atoms with van der Waals surface area (Å²) in [4.78, 5) is 15.3. The van der Waals surface area contributed by atoms with Gasteiger partial charge in [-0.05, 0) is 163 Å². The third kappa shape index (κ3) is 7.81. The molecule has 0 bridgehead atoms. The summed E-state index contributed by atoms with van der Waals surface area (Å²) in [5, 5.41) is 102. The number of dihydropyridines is 1. The van der Waals surface area contributed by atoms with Gasteiger partial charge < -0.3 is 62.0 Å². The number of fused-ring (bicyclic) bond motifs is 8. The molecule has 8 aliphatic rings. The van der Waals surface area contributed by atoms with Crippen LogP contribution in [0.15, 0.2) is 34.7 Å². The Bertz CT molecular complexity index is 1780. The summed E-state index contributed by atoms with van der Waals surface area (Å²) in [5.41, 5.74) is 2.10. The summed E-state index contributed by atoms with van der Waals surface area (Å²) in [6.07, 6.45) is 10.6. The highest BCUT2D eigenvalue weighted by atomic mass is 16.5. The van der Waals surface area contributed by atoms with Gasteiger partial charge in [0, 0.05) is 36.1 Å². The molecule has 1 saturated heterocycles. The van der Waals surface area contributed by atoms with Crippen LogP contribution in [0, 0.1) is 46.3 Å². The number of aliphatic hydroxyl groups excluding tert-OH is 5. The topological polar surface area (TPSA) is 238 Å². The number of ether oxygens (including phenoxy) is 1. The Morgan fingerprint density at radius 1 is 1.00 bits per heavy atom. The van der Waals surface area contributed by atoms with Gasteiger partial charge in [-0.15, -0.1) is 0 Å². The van der Waals surface area contributed by atoms with Gasteiger partial charge in [0.2, 0.25) is 0 Å². The van der Waals surface area contributed by atoms with Crippen molar-refractivity contribution in [1.82, 2.24) is 10.6 Å². The minimum absolute atomic E-state index is 0.0276. The molecule has 18 unspecified atom stereocenters. The number of Topliss-reactive ketones (excluding diaryl/α,β-unsaturated/α-hetero) is 1. The van der Waals surface area contributed by atoms with Crippen LogP contribution in [0.1, 0.15) is 150 Å². The minimum atomic E-state index is -1.75. The lowest BCUT2D eigenvalue weighted by molar-refractivity contribution is -0.254. The van der Waals surface area contributed by atoms with Crippen LogP contribution in [-0.2, 0) is 9.53 Å². The first-order valence-corrected chi connectivity index (χ1v) is 25.0. The fourth-order valence-electron chi connectivity index (χ4n) is 15.7. The molecule has 0 radical (unpaired) electrons. The number of carbonyl (C=O) groups is 1. The van der Waals surface area contributed by atoms with Gasteiger partial charge in [-0.2, -0.15) is 0 Å². The van der Waals surface area contributed by atoms with Crippen LogP contribution in [0.25, 0.3) is 0 Å². The largest absolute Gasteiger partial charge is 0.396 e. The quantitative estimate of drug-likeness (QED) is 0.127. The van der Waals surface area contributed by atoms with Crippen molar-refractivity contribution in [1.29, 1.82) is 0 Å². The number of carbonyl (C=O) groups excluding carboxylic acids is 1. The summed E-state index contributed by atoms with van der Waals surface area (Å²) in [6.45, 7) is 7.70. The van der Waals surface area contributed by atoms with Gasteiger partial charge in [-0.3, -0.25) is 4.79 Å². The Hall–Kier alpha value is -1.91. The van der Waals surface area contributed by atoms with Crippen LogP contribution < -0.4 is 16.4 Å². The van der Waals surface area contributed by atoms with Crippen LogP contribution in [0.5, 0.6) is 0 Å². The minimum Gasteiger partial charge on any atom is -0.396 e. The molecule has 356 valence electrons. The van der Waals surface area contributed by atoms with Gasteiger partial charge in [0.15, 0.2) is 5.78 Å². The standard InChI is InChI=1S/C50H81N3O10/c1-5-8-29-11-14-31-38(15-12-29)63-45-41(31)35(56)10-6-20-50(45,62)47(4,60)39-19-23-49(61)42-32(18-21-46(39,49)3)48(22-17-30-13-16-40(51)53-34(30)9-7-24-54)26-37(58)36(57)25-33(48)44(59)43(42)52-27-28(2)55/h13,16,28-29,31-33,35-41,45,52-58,60-62H,5-12,14-15,17-27,51H2,1-4H3. The number of rotatable bonds is 13. The number of ketones is 1. The van der Waals surface area contributed by atoms with E-state index in [1.165, 1.54) is 6.42 Å². The SMILES string of the molecule is CCCC1CCC2OC3C(C(O)CCCC3(O)C(C)(O)C3CCC4(O)C5=C(NCC(C)O)C(=O)C6CC(O)C(O)CC6(CCC6=C(CCCO)NC(N)C=C6)C5CCC34C)C2CC1. The number of hydrogen-bond donors (Lipinski definition) is 11. The van der Waals surface area contributed by atoms with Gasteiger partial charge in [0.05, 0.1) is 59.7 Å². The number of hydrogen-bond acceptors (Lipinski definition) is 13. The van der Waals surface area contributed by atoms with Crippen molar-refractivity contribution in [2.75, 3.05) is 13.2 Å². The Morgan fingerprint density at radius 2 is 1.76 bits per heavy atom. The maximum Gasteiger partial charge on any atom is 0.182 e. The number of aliphatic hydroxyl groups is 8. The number of nitrogens with two attached hydrogens (primary N) is 1. The first-order chi connectivity index (χ1) is 29.9. The molecule has 6 aliphatic carbocycles. The molecular formula is C50H81N3O10. The van der Waals surface area contributed by atoms with E-state index in [0.717, 1.165) is 43.4 Å². The van der Waals surface area contributed by atoms with Crippen molar-refractivity contribution in [3.8, 4) is 0 Å². The molecular weight excluding hydrogens is 803 g/mol. The summed E-state index contributed by atoms with van der Waals surface area (Å²) in [6, 6.07) is 0. The monoisotopic (exact) mass is 884 g/mol. The number of nitrogens with one attached hydrogen (secondary N) is 2. The smallest absolute Gasteiger partial charge is 0.182 e. The van der Waals surface area contributed by atoms with E-state index in [2.05, 4.69) is 17.6 Å². The molecule has 13 nitrogen and oxygen atoms in total. The van der Waals surface area contributed by atoms with Crippen molar-refractivity contribution in [3.63, 3.8) is 0 Å². The van der Waals surface area contributed by atoms with E-state index in [1.54, 1.807) is 13.8 Å². The third-order valence-corrected chi connectivity index (χ3v) is 18.9. The molecule has 2 heterocycles. The van der Waals surface area contributed by atoms with Crippen molar-refractivity contribution >= 4 is 5.78 Å². The second-order valence-corrected chi connectivity index (χ2v) is 22.2. The third-order valence-electron chi connectivity index (χ3n) is 18.9. The Morgan fingerprint density at radius 3 is 2.49 bits per heavy atom. The molecule has 2 aliphatic heterocycles. The predicted molar refractivity (Wildman–Crippen MR) is 238 cm³/mol. The normalized spacial score (nSPS) is 46.4. The molecule has 8 rings (SSSR count). The summed E-state index contributed by atoms with van der Waals surface area (Å²) in [7, 11) is 0. The van der Waals surface area contributed by atoms with Crippen LogP contribution in [0.3, 0.4) is 0 Å². The molecule has 0 spiro atoms. The van der Waals surface area contributed by atoms with Crippen LogP contribution in [0.2, 0.25) is 0 Å². The predicted octanol–water partition coefficient (Wildman–Crippen LogP) is 3.74.